The van der Waals surface area contributed by atoms with Crippen molar-refractivity contribution in [1.82, 2.24) is 4.90 Å². The highest BCUT2D eigenvalue weighted by Gasteiger charge is 2.36. The van der Waals surface area contributed by atoms with Gasteiger partial charge in [0.2, 0.25) is 5.91 Å². The number of benzene rings is 1. The lowest BCUT2D eigenvalue weighted by Gasteiger charge is -2.17. The molecule has 3 rings (SSSR count). The quantitative estimate of drug-likeness (QED) is 0.726. The molecule has 0 aliphatic carbocycles. The zero-order valence-electron chi connectivity index (χ0n) is 15.6. The van der Waals surface area contributed by atoms with E-state index in [-0.39, 0.29) is 36.0 Å². The van der Waals surface area contributed by atoms with Gasteiger partial charge in [0, 0.05) is 18.7 Å². The predicted octanol–water partition coefficient (Wildman–Crippen LogP) is 2.72. The third-order valence-corrected chi connectivity index (χ3v) is 4.81. The van der Waals surface area contributed by atoms with Gasteiger partial charge in [0.1, 0.15) is 11.8 Å². The highest BCUT2D eigenvalue weighted by molar-refractivity contribution is 6.32. The molecule has 0 spiro atoms. The molecule has 1 aliphatic rings. The number of anilines is 1. The fourth-order valence-corrected chi connectivity index (χ4v) is 3.15. The topological polar surface area (TPSA) is 113 Å². The molecular formula is C20H18ClN3O5. The number of carbonyl (C=O) groups excluding carboxylic acids is 3. The van der Waals surface area contributed by atoms with Crippen LogP contribution >= 0.6 is 11.6 Å². The van der Waals surface area contributed by atoms with Crippen LogP contribution in [0.1, 0.15) is 24.7 Å². The molecule has 2 atom stereocenters. The Bertz CT molecular complexity index is 967. The Kier molecular flexibility index (Phi) is 6.20. The van der Waals surface area contributed by atoms with Crippen LogP contribution in [0, 0.1) is 17.2 Å². The number of carbonyl (C=O) groups is 3. The lowest BCUT2D eigenvalue weighted by molar-refractivity contribution is -0.157. The van der Waals surface area contributed by atoms with Crippen LogP contribution in [0.25, 0.3) is 0 Å². The maximum atomic E-state index is 12.4. The number of hydrogen-bond acceptors (Lipinski definition) is 6. The van der Waals surface area contributed by atoms with Crippen molar-refractivity contribution in [1.29, 1.82) is 5.26 Å². The number of hydrogen-bond donors (Lipinski definition) is 1. The summed E-state index contributed by atoms with van der Waals surface area (Å²) in [6.45, 7) is 1.93. The van der Waals surface area contributed by atoms with E-state index >= 15 is 0 Å². The highest BCUT2D eigenvalue weighted by atomic mass is 35.5. The normalized spacial score (nSPS) is 16.9. The van der Waals surface area contributed by atoms with Crippen molar-refractivity contribution in [3.63, 3.8) is 0 Å². The molecule has 150 valence electrons. The zero-order valence-corrected chi connectivity index (χ0v) is 16.3. The van der Waals surface area contributed by atoms with Crippen LogP contribution in [0.15, 0.2) is 41.0 Å². The second-order valence-corrected chi connectivity index (χ2v) is 7.04. The summed E-state index contributed by atoms with van der Waals surface area (Å²) >= 11 is 5.94. The number of likely N-dealkylation sites (tertiary alicyclic amines) is 1. The van der Waals surface area contributed by atoms with Crippen LogP contribution in [-0.2, 0) is 25.7 Å². The Morgan fingerprint density at radius 3 is 2.90 bits per heavy atom. The Balaban J connectivity index is 1.53. The number of halogens is 1. The smallest absolute Gasteiger partial charge is 0.312 e. The summed E-state index contributed by atoms with van der Waals surface area (Å²) in [6, 6.07) is 9.85. The maximum Gasteiger partial charge on any atom is 0.312 e. The van der Waals surface area contributed by atoms with E-state index in [1.807, 2.05) is 6.07 Å². The summed E-state index contributed by atoms with van der Waals surface area (Å²) in [5.41, 5.74) is 0.664. The minimum atomic E-state index is -1.06. The minimum Gasteiger partial charge on any atom is -0.467 e. The number of rotatable bonds is 6. The van der Waals surface area contributed by atoms with Gasteiger partial charge in [0.25, 0.3) is 5.91 Å². The molecule has 1 aromatic carbocycles. The van der Waals surface area contributed by atoms with Crippen molar-refractivity contribution in [2.45, 2.75) is 26.0 Å². The molecule has 9 heteroatoms. The zero-order chi connectivity index (χ0) is 21.0. The van der Waals surface area contributed by atoms with Gasteiger partial charge in [-0.3, -0.25) is 14.4 Å². The Labute approximate surface area is 172 Å². The van der Waals surface area contributed by atoms with Crippen molar-refractivity contribution in [3.8, 4) is 6.07 Å². The summed E-state index contributed by atoms with van der Waals surface area (Å²) in [4.78, 5) is 38.3. The third kappa shape index (κ3) is 4.95. The molecule has 0 bridgehead atoms. The predicted molar refractivity (Wildman–Crippen MR) is 103 cm³/mol. The molecule has 1 N–H and O–H groups in total. The van der Waals surface area contributed by atoms with Gasteiger partial charge in [-0.2, -0.15) is 5.26 Å². The first-order valence-electron chi connectivity index (χ1n) is 8.88. The second kappa shape index (κ2) is 8.80. The summed E-state index contributed by atoms with van der Waals surface area (Å²) in [6.07, 6.45) is 0.480. The van der Waals surface area contributed by atoms with Gasteiger partial charge in [-0.25, -0.2) is 0 Å². The van der Waals surface area contributed by atoms with Gasteiger partial charge in [-0.1, -0.05) is 11.6 Å². The first-order valence-corrected chi connectivity index (χ1v) is 9.26. The summed E-state index contributed by atoms with van der Waals surface area (Å²) in [5.74, 6) is -1.34. The molecule has 2 aromatic rings. The molecule has 1 fully saturated rings. The number of amides is 2. The van der Waals surface area contributed by atoms with Gasteiger partial charge >= 0.3 is 5.97 Å². The molecule has 1 aromatic heterocycles. The fourth-order valence-electron chi connectivity index (χ4n) is 2.92. The Hall–Kier alpha value is -3.31. The molecule has 0 saturated carbocycles. The number of nitrogens with zero attached hydrogens (tertiary/aromatic N) is 2. The monoisotopic (exact) mass is 415 g/mol. The average molecular weight is 416 g/mol. The molecule has 0 radical (unpaired) electrons. The van der Waals surface area contributed by atoms with E-state index in [9.17, 15) is 14.4 Å². The van der Waals surface area contributed by atoms with Gasteiger partial charge in [-0.15, -0.1) is 0 Å². The summed E-state index contributed by atoms with van der Waals surface area (Å²) in [7, 11) is 0. The largest absolute Gasteiger partial charge is 0.467 e. The maximum absolute atomic E-state index is 12.4. The van der Waals surface area contributed by atoms with Crippen molar-refractivity contribution < 1.29 is 23.5 Å². The fraction of sp³-hybridized carbons (Fsp3) is 0.300. The van der Waals surface area contributed by atoms with Gasteiger partial charge < -0.3 is 19.4 Å². The first kappa shape index (κ1) is 20.4. The summed E-state index contributed by atoms with van der Waals surface area (Å²) in [5, 5.41) is 11.7. The number of nitrogens with one attached hydrogen (secondary N) is 1. The van der Waals surface area contributed by atoms with Crippen molar-refractivity contribution in [3.05, 3.63) is 52.9 Å². The molecule has 2 heterocycles. The Morgan fingerprint density at radius 1 is 1.45 bits per heavy atom. The van der Waals surface area contributed by atoms with Crippen molar-refractivity contribution in [2.24, 2.45) is 5.92 Å². The first-order chi connectivity index (χ1) is 13.9. The van der Waals surface area contributed by atoms with Crippen molar-refractivity contribution >= 4 is 35.1 Å². The van der Waals surface area contributed by atoms with Crippen LogP contribution < -0.4 is 5.32 Å². The van der Waals surface area contributed by atoms with E-state index in [1.165, 1.54) is 36.3 Å². The highest BCUT2D eigenvalue weighted by Crippen LogP contribution is 2.23. The number of ether oxygens (including phenoxy) is 1. The molecule has 0 unspecified atom stereocenters. The standard InChI is InChI=1S/C20H18ClN3O5/c1-12(19(26)23-15-5-4-13(9-22)17(21)8-15)29-20(27)14-7-18(25)24(10-14)11-16-3-2-6-28-16/h2-6,8,12,14H,7,10-11H2,1H3,(H,23,26)/t12-,14-/m1/s1. The SMILES string of the molecule is C[C@@H](OC(=O)[C@@H]1CC(=O)N(Cc2ccco2)C1)C(=O)Nc1ccc(C#N)c(Cl)c1. The molecule has 2 amide bonds. The van der Waals surface area contributed by atoms with Crippen LogP contribution in [0.4, 0.5) is 5.69 Å². The van der Waals surface area contributed by atoms with Crippen LogP contribution in [0.3, 0.4) is 0 Å². The number of furan rings is 1. The summed E-state index contributed by atoms with van der Waals surface area (Å²) < 4.78 is 10.5. The molecule has 29 heavy (non-hydrogen) atoms. The Morgan fingerprint density at radius 2 is 2.24 bits per heavy atom. The number of nitriles is 1. The molecular weight excluding hydrogens is 398 g/mol. The van der Waals surface area contributed by atoms with E-state index in [0.29, 0.717) is 11.4 Å². The average Bonchev–Trinajstić information content (AvgIpc) is 3.32. The molecule has 1 aliphatic heterocycles. The number of esters is 1. The molecule has 8 nitrogen and oxygen atoms in total. The lowest BCUT2D eigenvalue weighted by atomic mass is 10.1. The van der Waals surface area contributed by atoms with E-state index in [4.69, 9.17) is 26.0 Å². The van der Waals surface area contributed by atoms with Crippen LogP contribution in [0.5, 0.6) is 0 Å². The lowest BCUT2D eigenvalue weighted by Crippen LogP contribution is -2.33. The second-order valence-electron chi connectivity index (χ2n) is 6.63. The van der Waals surface area contributed by atoms with E-state index in [0.717, 1.165) is 0 Å². The van der Waals surface area contributed by atoms with Crippen LogP contribution in [0.2, 0.25) is 5.02 Å². The van der Waals surface area contributed by atoms with Gasteiger partial charge in [0.15, 0.2) is 6.10 Å². The van der Waals surface area contributed by atoms with Crippen molar-refractivity contribution in [2.75, 3.05) is 11.9 Å². The van der Waals surface area contributed by atoms with E-state index < -0.39 is 23.9 Å². The minimum absolute atomic E-state index is 0.0269. The van der Waals surface area contributed by atoms with Crippen LogP contribution in [-0.4, -0.2) is 35.3 Å². The van der Waals surface area contributed by atoms with Gasteiger partial charge in [-0.05, 0) is 37.3 Å². The van der Waals surface area contributed by atoms with E-state index in [2.05, 4.69) is 5.32 Å². The third-order valence-electron chi connectivity index (χ3n) is 4.49. The van der Waals surface area contributed by atoms with E-state index in [1.54, 1.807) is 12.1 Å². The van der Waals surface area contributed by atoms with Gasteiger partial charge in [0.05, 0.1) is 29.3 Å². The molecule has 1 saturated heterocycles.